The van der Waals surface area contributed by atoms with Gasteiger partial charge in [-0.25, -0.2) is 8.42 Å². The first-order valence-electron chi connectivity index (χ1n) is 10.9. The number of ether oxygens (including phenoxy) is 2. The topological polar surface area (TPSA) is 88.2 Å². The fraction of sp³-hybridized carbons (Fsp3) is 0.667. The highest BCUT2D eigenvalue weighted by atomic mass is 35.5. The standard InChI is InChI=1S/C21H31Cl2N3O5S/c1-30-13-12-25-8-10-26(11-9-25)20(27)15-31-21(19-4-2-3-7-24-19)32(28,29)16-5-6-17(22)18(23)14-16/h5-6,14,19,21,24H,2-4,7-13,15H2,1H3. The van der Waals surface area contributed by atoms with Gasteiger partial charge in [-0.2, -0.15) is 0 Å². The van der Waals surface area contributed by atoms with E-state index >= 15 is 0 Å². The maximum atomic E-state index is 13.4. The van der Waals surface area contributed by atoms with Crippen LogP contribution in [0.5, 0.6) is 0 Å². The molecule has 2 heterocycles. The zero-order chi connectivity index (χ0) is 23.1. The SMILES string of the molecule is COCCN1CCN(C(=O)COC(C2CCCCN2)S(=O)(=O)c2ccc(Cl)c(Cl)c2)CC1. The van der Waals surface area contributed by atoms with Crippen molar-refractivity contribution in [2.24, 2.45) is 0 Å². The molecule has 2 unspecified atom stereocenters. The van der Waals surface area contributed by atoms with Gasteiger partial charge in [-0.1, -0.05) is 29.6 Å². The normalized spacial score (nSPS) is 21.5. The molecule has 2 fully saturated rings. The Morgan fingerprint density at radius 3 is 2.56 bits per heavy atom. The Morgan fingerprint density at radius 2 is 1.94 bits per heavy atom. The molecule has 180 valence electrons. The van der Waals surface area contributed by atoms with E-state index in [1.54, 1.807) is 12.0 Å². The molecule has 2 saturated heterocycles. The van der Waals surface area contributed by atoms with Crippen LogP contribution in [0, 0.1) is 0 Å². The molecule has 1 N–H and O–H groups in total. The van der Waals surface area contributed by atoms with Gasteiger partial charge in [0.25, 0.3) is 0 Å². The maximum absolute atomic E-state index is 13.4. The summed E-state index contributed by atoms with van der Waals surface area (Å²) in [6.45, 7) is 4.57. The van der Waals surface area contributed by atoms with Crippen molar-refractivity contribution < 1.29 is 22.7 Å². The summed E-state index contributed by atoms with van der Waals surface area (Å²) in [7, 11) is -2.24. The average molecular weight is 508 g/mol. The Kier molecular flexibility index (Phi) is 9.60. The van der Waals surface area contributed by atoms with Crippen LogP contribution in [-0.2, 0) is 24.1 Å². The van der Waals surface area contributed by atoms with Crippen molar-refractivity contribution in [3.63, 3.8) is 0 Å². The Bertz CT molecular complexity index is 872. The number of piperidine rings is 1. The highest BCUT2D eigenvalue weighted by molar-refractivity contribution is 7.92. The number of amides is 1. The molecule has 8 nitrogen and oxygen atoms in total. The van der Waals surface area contributed by atoms with Gasteiger partial charge in [-0.15, -0.1) is 0 Å². The Hall–Kier alpha value is -0.940. The molecule has 11 heteroatoms. The van der Waals surface area contributed by atoms with Crippen LogP contribution < -0.4 is 5.32 Å². The molecule has 0 spiro atoms. The molecule has 2 aliphatic heterocycles. The average Bonchev–Trinajstić information content (AvgIpc) is 2.80. The molecular formula is C21H31Cl2N3O5S. The van der Waals surface area contributed by atoms with Gasteiger partial charge in [-0.3, -0.25) is 9.69 Å². The van der Waals surface area contributed by atoms with Crippen molar-refractivity contribution in [2.45, 2.75) is 35.6 Å². The van der Waals surface area contributed by atoms with Crippen LogP contribution in [0.15, 0.2) is 23.1 Å². The number of rotatable bonds is 9. The number of hydrogen-bond donors (Lipinski definition) is 1. The summed E-state index contributed by atoms with van der Waals surface area (Å²) >= 11 is 12.0. The van der Waals surface area contributed by atoms with Gasteiger partial charge >= 0.3 is 0 Å². The highest BCUT2D eigenvalue weighted by Gasteiger charge is 2.37. The van der Waals surface area contributed by atoms with Crippen molar-refractivity contribution in [2.75, 3.05) is 59.6 Å². The van der Waals surface area contributed by atoms with E-state index in [2.05, 4.69) is 10.2 Å². The van der Waals surface area contributed by atoms with E-state index < -0.39 is 21.3 Å². The zero-order valence-corrected chi connectivity index (χ0v) is 20.6. The fourth-order valence-corrected chi connectivity index (χ4v) is 6.09. The van der Waals surface area contributed by atoms with Crippen molar-refractivity contribution in [1.29, 1.82) is 0 Å². The maximum Gasteiger partial charge on any atom is 0.248 e. The van der Waals surface area contributed by atoms with E-state index in [1.807, 2.05) is 0 Å². The van der Waals surface area contributed by atoms with Crippen molar-refractivity contribution in [3.05, 3.63) is 28.2 Å². The summed E-state index contributed by atoms with van der Waals surface area (Å²) < 4.78 is 37.8. The molecular weight excluding hydrogens is 477 g/mol. The first-order chi connectivity index (χ1) is 15.3. The lowest BCUT2D eigenvalue weighted by atomic mass is 10.1. The smallest absolute Gasteiger partial charge is 0.248 e. The lowest BCUT2D eigenvalue weighted by molar-refractivity contribution is -0.139. The van der Waals surface area contributed by atoms with E-state index in [-0.39, 0.29) is 27.5 Å². The number of sulfone groups is 1. The predicted molar refractivity (Wildman–Crippen MR) is 124 cm³/mol. The Morgan fingerprint density at radius 1 is 1.19 bits per heavy atom. The zero-order valence-electron chi connectivity index (χ0n) is 18.3. The molecule has 1 aromatic rings. The number of carbonyl (C=O) groups is 1. The second-order valence-electron chi connectivity index (χ2n) is 8.07. The number of halogens is 2. The first-order valence-corrected chi connectivity index (χ1v) is 13.2. The van der Waals surface area contributed by atoms with Crippen molar-refractivity contribution in [3.8, 4) is 0 Å². The van der Waals surface area contributed by atoms with Crippen LogP contribution in [0.1, 0.15) is 19.3 Å². The van der Waals surface area contributed by atoms with Crippen LogP contribution in [0.3, 0.4) is 0 Å². The third-order valence-corrected chi connectivity index (χ3v) is 8.64. The van der Waals surface area contributed by atoms with E-state index in [4.69, 9.17) is 32.7 Å². The monoisotopic (exact) mass is 507 g/mol. The summed E-state index contributed by atoms with van der Waals surface area (Å²) in [4.78, 5) is 16.8. The summed E-state index contributed by atoms with van der Waals surface area (Å²) in [6.07, 6.45) is 2.52. The lowest BCUT2D eigenvalue weighted by Gasteiger charge is -2.35. The fourth-order valence-electron chi connectivity index (χ4n) is 4.01. The van der Waals surface area contributed by atoms with Gasteiger partial charge in [0.05, 0.1) is 21.5 Å². The molecule has 0 aromatic heterocycles. The molecule has 0 saturated carbocycles. The van der Waals surface area contributed by atoms with Gasteiger partial charge in [0.15, 0.2) is 5.44 Å². The van der Waals surface area contributed by atoms with Crippen LogP contribution in [0.25, 0.3) is 0 Å². The third kappa shape index (κ3) is 6.56. The van der Waals surface area contributed by atoms with Crippen LogP contribution in [0.2, 0.25) is 10.0 Å². The van der Waals surface area contributed by atoms with Crippen molar-refractivity contribution >= 4 is 38.9 Å². The van der Waals surface area contributed by atoms with Crippen LogP contribution >= 0.6 is 23.2 Å². The van der Waals surface area contributed by atoms with Gasteiger partial charge in [0, 0.05) is 45.9 Å². The highest BCUT2D eigenvalue weighted by Crippen LogP contribution is 2.29. The van der Waals surface area contributed by atoms with Crippen LogP contribution in [-0.4, -0.2) is 95.2 Å². The van der Waals surface area contributed by atoms with Gasteiger partial charge in [0.1, 0.15) is 6.61 Å². The predicted octanol–water partition coefficient (Wildman–Crippen LogP) is 2.04. The Labute approximate surface area is 200 Å². The number of nitrogens with zero attached hydrogens (tertiary/aromatic N) is 2. The molecule has 0 aliphatic carbocycles. The minimum Gasteiger partial charge on any atom is -0.383 e. The lowest BCUT2D eigenvalue weighted by Crippen LogP contribution is -2.52. The Balaban J connectivity index is 1.67. The summed E-state index contributed by atoms with van der Waals surface area (Å²) in [5.74, 6) is -0.207. The van der Waals surface area contributed by atoms with Crippen LogP contribution in [0.4, 0.5) is 0 Å². The first kappa shape index (κ1) is 25.7. The summed E-state index contributed by atoms with van der Waals surface area (Å²) in [6, 6.07) is 3.81. The molecule has 2 atom stereocenters. The third-order valence-electron chi connectivity index (χ3n) is 5.91. The number of carbonyl (C=O) groups excluding carboxylic acids is 1. The van der Waals surface area contributed by atoms with Crippen molar-refractivity contribution in [1.82, 2.24) is 15.1 Å². The molecule has 1 amide bonds. The van der Waals surface area contributed by atoms with E-state index in [0.29, 0.717) is 32.7 Å². The number of benzene rings is 1. The summed E-state index contributed by atoms with van der Waals surface area (Å²) in [5, 5.41) is 3.68. The number of hydrogen-bond acceptors (Lipinski definition) is 7. The molecule has 0 radical (unpaired) electrons. The van der Waals surface area contributed by atoms with Gasteiger partial charge < -0.3 is 19.7 Å². The molecule has 0 bridgehead atoms. The van der Waals surface area contributed by atoms with E-state index in [0.717, 1.165) is 32.5 Å². The molecule has 2 aliphatic rings. The summed E-state index contributed by atoms with van der Waals surface area (Å²) in [5.41, 5.74) is -1.19. The minimum atomic E-state index is -3.91. The number of nitrogens with one attached hydrogen (secondary N) is 1. The minimum absolute atomic E-state index is 0.0310. The largest absolute Gasteiger partial charge is 0.383 e. The number of methoxy groups -OCH3 is 1. The van der Waals surface area contributed by atoms with Gasteiger partial charge in [0.2, 0.25) is 15.7 Å². The second-order valence-corrected chi connectivity index (χ2v) is 10.9. The quantitative estimate of drug-likeness (QED) is 0.546. The van der Waals surface area contributed by atoms with E-state index in [9.17, 15) is 13.2 Å². The van der Waals surface area contributed by atoms with Gasteiger partial charge in [-0.05, 0) is 37.6 Å². The second kappa shape index (κ2) is 12.0. The molecule has 1 aromatic carbocycles. The molecule has 32 heavy (non-hydrogen) atoms. The van der Waals surface area contributed by atoms with E-state index in [1.165, 1.54) is 18.2 Å². The molecule has 3 rings (SSSR count). The number of piperazine rings is 1.